The van der Waals surface area contributed by atoms with E-state index >= 15 is 0 Å². The number of aromatic nitrogens is 1. The molecule has 3 aromatic rings. The van der Waals surface area contributed by atoms with Crippen molar-refractivity contribution in [3.63, 3.8) is 0 Å². The highest BCUT2D eigenvalue weighted by Crippen LogP contribution is 2.31. The van der Waals surface area contributed by atoms with Crippen molar-refractivity contribution in [2.24, 2.45) is 0 Å². The van der Waals surface area contributed by atoms with Crippen LogP contribution in [0.15, 0.2) is 64.5 Å². The van der Waals surface area contributed by atoms with Gasteiger partial charge in [-0.25, -0.2) is 4.98 Å². The zero-order valence-electron chi connectivity index (χ0n) is 14.7. The lowest BCUT2D eigenvalue weighted by molar-refractivity contribution is 0.0952. The number of fused-ring (bicyclic) bond motifs is 1. The zero-order chi connectivity index (χ0) is 18.5. The molecule has 0 fully saturated rings. The monoisotopic (exact) mass is 385 g/mol. The summed E-state index contributed by atoms with van der Waals surface area (Å²) in [6, 6.07) is 17.2. The third-order valence-corrected chi connectivity index (χ3v) is 4.94. The summed E-state index contributed by atoms with van der Waals surface area (Å²) in [5, 5.41) is 5.28. The quantitative estimate of drug-likeness (QED) is 0.686. The third-order valence-electron chi connectivity index (χ3n) is 3.80. The van der Waals surface area contributed by atoms with Gasteiger partial charge in [0.2, 0.25) is 0 Å². The van der Waals surface area contributed by atoms with Crippen LogP contribution >= 0.6 is 23.4 Å². The van der Waals surface area contributed by atoms with Crippen LogP contribution in [0.5, 0.6) is 0 Å². The largest absolute Gasteiger partial charge is 0.351 e. The molecule has 3 rings (SSSR count). The normalized spacial score (nSPS) is 11.1. The molecule has 0 aliphatic carbocycles. The number of pyridine rings is 1. The number of halogens is 1. The van der Waals surface area contributed by atoms with E-state index in [0.717, 1.165) is 27.4 Å². The number of hydrogen-bond acceptors (Lipinski definition) is 4. The van der Waals surface area contributed by atoms with Crippen molar-refractivity contribution in [2.75, 3.05) is 27.2 Å². The van der Waals surface area contributed by atoms with Crippen molar-refractivity contribution in [1.82, 2.24) is 15.2 Å². The zero-order valence-corrected chi connectivity index (χ0v) is 16.3. The Balaban J connectivity index is 1.92. The minimum absolute atomic E-state index is 0.0848. The van der Waals surface area contributed by atoms with Gasteiger partial charge in [-0.2, -0.15) is 0 Å². The molecule has 1 aromatic heterocycles. The fraction of sp³-hybridized carbons (Fsp3) is 0.200. The molecule has 0 saturated carbocycles. The standard InChI is InChI=1S/C20H20ClN3OS/c1-24(2)11-10-22-20(25)17-13-19(23-18-9-4-3-8-16(17)18)26-15-7-5-6-14(21)12-15/h3-9,12-13H,10-11H2,1-2H3,(H,22,25). The summed E-state index contributed by atoms with van der Waals surface area (Å²) < 4.78 is 0. The van der Waals surface area contributed by atoms with E-state index in [2.05, 4.69) is 10.3 Å². The summed E-state index contributed by atoms with van der Waals surface area (Å²) in [5.74, 6) is -0.0848. The maximum Gasteiger partial charge on any atom is 0.252 e. The van der Waals surface area contributed by atoms with E-state index in [9.17, 15) is 4.79 Å². The number of benzene rings is 2. The van der Waals surface area contributed by atoms with E-state index in [1.165, 1.54) is 11.8 Å². The summed E-state index contributed by atoms with van der Waals surface area (Å²) in [5.41, 5.74) is 1.44. The smallest absolute Gasteiger partial charge is 0.252 e. The number of carbonyl (C=O) groups excluding carboxylic acids is 1. The Morgan fingerprint density at radius 2 is 1.96 bits per heavy atom. The van der Waals surface area contributed by atoms with Crippen LogP contribution in [-0.2, 0) is 0 Å². The molecular weight excluding hydrogens is 366 g/mol. The number of nitrogens with one attached hydrogen (secondary N) is 1. The first-order valence-corrected chi connectivity index (χ1v) is 9.48. The molecule has 0 saturated heterocycles. The first-order valence-electron chi connectivity index (χ1n) is 8.29. The van der Waals surface area contributed by atoms with Crippen molar-refractivity contribution >= 4 is 40.2 Å². The Bertz CT molecular complexity index is 930. The van der Waals surface area contributed by atoms with Gasteiger partial charge in [-0.3, -0.25) is 4.79 Å². The van der Waals surface area contributed by atoms with E-state index in [1.807, 2.05) is 73.6 Å². The fourth-order valence-electron chi connectivity index (χ4n) is 2.53. The van der Waals surface area contributed by atoms with Gasteiger partial charge in [0.15, 0.2) is 0 Å². The molecule has 4 nitrogen and oxygen atoms in total. The van der Waals surface area contributed by atoms with Crippen LogP contribution in [0.25, 0.3) is 10.9 Å². The molecule has 0 unspecified atom stereocenters. The second-order valence-corrected chi connectivity index (χ2v) is 7.67. The summed E-state index contributed by atoms with van der Waals surface area (Å²) in [6.45, 7) is 1.39. The van der Waals surface area contributed by atoms with Gasteiger partial charge in [0.05, 0.1) is 11.1 Å². The van der Waals surface area contributed by atoms with Gasteiger partial charge in [-0.15, -0.1) is 0 Å². The van der Waals surface area contributed by atoms with Crippen molar-refractivity contribution in [1.29, 1.82) is 0 Å². The van der Waals surface area contributed by atoms with Gasteiger partial charge >= 0.3 is 0 Å². The molecule has 1 heterocycles. The number of rotatable bonds is 6. The molecule has 0 aliphatic rings. The lowest BCUT2D eigenvalue weighted by Crippen LogP contribution is -2.31. The minimum Gasteiger partial charge on any atom is -0.351 e. The SMILES string of the molecule is CN(C)CCNC(=O)c1cc(Sc2cccc(Cl)c2)nc2ccccc12. The second-order valence-electron chi connectivity index (χ2n) is 6.14. The van der Waals surface area contributed by atoms with Crippen molar-refractivity contribution in [3.05, 3.63) is 65.2 Å². The van der Waals surface area contributed by atoms with E-state index in [-0.39, 0.29) is 5.91 Å². The number of amides is 1. The molecule has 0 atom stereocenters. The summed E-state index contributed by atoms with van der Waals surface area (Å²) in [6.07, 6.45) is 0. The number of carbonyl (C=O) groups is 1. The highest BCUT2D eigenvalue weighted by molar-refractivity contribution is 7.99. The van der Waals surface area contributed by atoms with Crippen LogP contribution in [0.4, 0.5) is 0 Å². The predicted molar refractivity (Wildman–Crippen MR) is 108 cm³/mol. The first-order chi connectivity index (χ1) is 12.5. The molecule has 6 heteroatoms. The number of hydrogen-bond donors (Lipinski definition) is 1. The fourth-order valence-corrected chi connectivity index (χ4v) is 3.68. The Morgan fingerprint density at radius 3 is 2.73 bits per heavy atom. The maximum atomic E-state index is 12.7. The summed E-state index contributed by atoms with van der Waals surface area (Å²) in [7, 11) is 3.96. The van der Waals surface area contributed by atoms with Gasteiger partial charge in [0, 0.05) is 28.4 Å². The highest BCUT2D eigenvalue weighted by Gasteiger charge is 2.13. The Labute approximate surface area is 162 Å². The number of para-hydroxylation sites is 1. The summed E-state index contributed by atoms with van der Waals surface area (Å²) >= 11 is 7.56. The van der Waals surface area contributed by atoms with Gasteiger partial charge in [0.1, 0.15) is 5.03 Å². The van der Waals surface area contributed by atoms with Crippen LogP contribution in [0.3, 0.4) is 0 Å². The molecule has 26 heavy (non-hydrogen) atoms. The van der Waals surface area contributed by atoms with E-state index < -0.39 is 0 Å². The minimum atomic E-state index is -0.0848. The average Bonchev–Trinajstić information content (AvgIpc) is 2.60. The number of likely N-dealkylation sites (N-methyl/N-ethyl adjacent to an activating group) is 1. The molecule has 0 spiro atoms. The van der Waals surface area contributed by atoms with Gasteiger partial charge in [0.25, 0.3) is 5.91 Å². The topological polar surface area (TPSA) is 45.2 Å². The summed E-state index contributed by atoms with van der Waals surface area (Å²) in [4.78, 5) is 20.4. The number of nitrogens with zero attached hydrogens (tertiary/aromatic N) is 2. The predicted octanol–water partition coefficient (Wildman–Crippen LogP) is 4.33. The molecule has 1 amide bonds. The van der Waals surface area contributed by atoms with Gasteiger partial charge in [-0.1, -0.05) is 47.6 Å². The van der Waals surface area contributed by atoms with Crippen LogP contribution in [0, 0.1) is 0 Å². The van der Waals surface area contributed by atoms with Gasteiger partial charge in [-0.05, 0) is 44.4 Å². The van der Waals surface area contributed by atoms with Crippen LogP contribution < -0.4 is 5.32 Å². The Hall–Kier alpha value is -2.08. The lowest BCUT2D eigenvalue weighted by atomic mass is 10.1. The Morgan fingerprint density at radius 1 is 1.15 bits per heavy atom. The Kier molecular flexibility index (Phi) is 6.14. The van der Waals surface area contributed by atoms with E-state index in [4.69, 9.17) is 11.6 Å². The second kappa shape index (κ2) is 8.54. The van der Waals surface area contributed by atoms with Crippen LogP contribution in [0.2, 0.25) is 5.02 Å². The van der Waals surface area contributed by atoms with Crippen molar-refractivity contribution in [2.45, 2.75) is 9.92 Å². The third kappa shape index (κ3) is 4.75. The van der Waals surface area contributed by atoms with Crippen molar-refractivity contribution < 1.29 is 4.79 Å². The lowest BCUT2D eigenvalue weighted by Gasteiger charge is -2.12. The molecule has 1 N–H and O–H groups in total. The first kappa shape index (κ1) is 18.7. The molecule has 0 radical (unpaired) electrons. The van der Waals surface area contributed by atoms with Crippen molar-refractivity contribution in [3.8, 4) is 0 Å². The molecule has 0 bridgehead atoms. The molecule has 0 aliphatic heterocycles. The van der Waals surface area contributed by atoms with E-state index in [0.29, 0.717) is 17.1 Å². The average molecular weight is 386 g/mol. The maximum absolute atomic E-state index is 12.7. The van der Waals surface area contributed by atoms with Crippen LogP contribution in [-0.4, -0.2) is 43.0 Å². The molecule has 2 aromatic carbocycles. The molecular formula is C20H20ClN3OS. The highest BCUT2D eigenvalue weighted by atomic mass is 35.5. The van der Waals surface area contributed by atoms with Gasteiger partial charge < -0.3 is 10.2 Å². The molecule has 134 valence electrons. The van der Waals surface area contributed by atoms with Crippen LogP contribution in [0.1, 0.15) is 10.4 Å². The van der Waals surface area contributed by atoms with E-state index in [1.54, 1.807) is 0 Å².